The quantitative estimate of drug-likeness (QED) is 0.868. The molecule has 0 atom stereocenters. The number of thiophene rings is 1. The zero-order chi connectivity index (χ0) is 13.8. The van der Waals surface area contributed by atoms with Gasteiger partial charge in [-0.05, 0) is 43.8 Å². The molecule has 0 spiro atoms. The predicted molar refractivity (Wildman–Crippen MR) is 74.9 cm³/mol. The number of nitrogens with one attached hydrogen (secondary N) is 1. The summed E-state index contributed by atoms with van der Waals surface area (Å²) in [5, 5.41) is 13.5. The van der Waals surface area contributed by atoms with E-state index in [-0.39, 0.29) is 10.8 Å². The highest BCUT2D eigenvalue weighted by Crippen LogP contribution is 2.27. The van der Waals surface area contributed by atoms with Crippen molar-refractivity contribution in [1.82, 2.24) is 4.90 Å². The first-order chi connectivity index (χ1) is 9.08. The normalized spacial score (nSPS) is 15.6. The van der Waals surface area contributed by atoms with Crippen molar-refractivity contribution in [2.24, 2.45) is 0 Å². The lowest BCUT2D eigenvalue weighted by Crippen LogP contribution is -2.25. The van der Waals surface area contributed by atoms with Gasteiger partial charge in [0.2, 0.25) is 5.91 Å². The summed E-state index contributed by atoms with van der Waals surface area (Å²) in [5.41, 5.74) is 1.25. The molecule has 1 amide bonds. The highest BCUT2D eigenvalue weighted by atomic mass is 32.1. The van der Waals surface area contributed by atoms with E-state index in [9.17, 15) is 9.59 Å². The average Bonchev–Trinajstić information content (AvgIpc) is 2.98. The molecular formula is C13H18N2O3S. The highest BCUT2D eigenvalue weighted by Gasteiger charge is 2.18. The molecule has 1 fully saturated rings. The van der Waals surface area contributed by atoms with Gasteiger partial charge in [-0.1, -0.05) is 0 Å². The minimum absolute atomic E-state index is 0.115. The molecule has 19 heavy (non-hydrogen) atoms. The van der Waals surface area contributed by atoms with Gasteiger partial charge in [-0.3, -0.25) is 4.79 Å². The minimum Gasteiger partial charge on any atom is -0.477 e. The third kappa shape index (κ3) is 3.54. The summed E-state index contributed by atoms with van der Waals surface area (Å²) in [6.45, 7) is 4.67. The smallest absolute Gasteiger partial charge is 0.348 e. The molecule has 1 saturated heterocycles. The Morgan fingerprint density at radius 2 is 2.11 bits per heavy atom. The third-order valence-corrected chi connectivity index (χ3v) is 4.37. The molecule has 5 nitrogen and oxygen atoms in total. The molecule has 0 bridgehead atoms. The number of carbonyl (C=O) groups excluding carboxylic acids is 1. The topological polar surface area (TPSA) is 69.6 Å². The summed E-state index contributed by atoms with van der Waals surface area (Å²) in [5.74, 6) is -1.11. The van der Waals surface area contributed by atoms with Crippen LogP contribution in [-0.4, -0.2) is 41.5 Å². The fourth-order valence-electron chi connectivity index (χ4n) is 2.22. The van der Waals surface area contributed by atoms with Crippen molar-refractivity contribution in [3.05, 3.63) is 15.8 Å². The van der Waals surface area contributed by atoms with E-state index in [0.717, 1.165) is 36.5 Å². The van der Waals surface area contributed by atoms with Gasteiger partial charge < -0.3 is 15.3 Å². The minimum atomic E-state index is -0.993. The fourth-order valence-corrected chi connectivity index (χ4v) is 3.07. The Bertz CT molecular complexity index is 478. The third-order valence-electron chi connectivity index (χ3n) is 3.29. The zero-order valence-corrected chi connectivity index (χ0v) is 11.8. The average molecular weight is 282 g/mol. The van der Waals surface area contributed by atoms with E-state index in [1.807, 2.05) is 0 Å². The Morgan fingerprint density at radius 1 is 1.42 bits per heavy atom. The Morgan fingerprint density at radius 3 is 2.74 bits per heavy atom. The van der Waals surface area contributed by atoms with E-state index < -0.39 is 5.97 Å². The van der Waals surface area contributed by atoms with Gasteiger partial charge in [0.25, 0.3) is 0 Å². The maximum Gasteiger partial charge on any atom is 0.348 e. The number of nitrogens with zero attached hydrogens (tertiary/aromatic N) is 1. The van der Waals surface area contributed by atoms with Crippen molar-refractivity contribution in [2.45, 2.75) is 26.2 Å². The van der Waals surface area contributed by atoms with E-state index in [0.29, 0.717) is 12.1 Å². The number of amides is 1. The van der Waals surface area contributed by atoms with Crippen LogP contribution in [0.25, 0.3) is 0 Å². The second-order valence-electron chi connectivity index (χ2n) is 4.77. The van der Waals surface area contributed by atoms with Crippen molar-refractivity contribution < 1.29 is 14.7 Å². The van der Waals surface area contributed by atoms with Gasteiger partial charge in [-0.2, -0.15) is 0 Å². The van der Waals surface area contributed by atoms with Gasteiger partial charge in [-0.25, -0.2) is 4.79 Å². The van der Waals surface area contributed by atoms with Crippen LogP contribution < -0.4 is 5.32 Å². The number of hydrogen-bond donors (Lipinski definition) is 2. The van der Waals surface area contributed by atoms with Gasteiger partial charge >= 0.3 is 5.97 Å². The standard InChI is InChI=1S/C13H18N2O3S/c1-9-8-19-12(13(17)18)11(9)14-10(16)4-7-15-5-2-3-6-15/h8H,2-7H2,1H3,(H,14,16)(H,17,18). The second-order valence-corrected chi connectivity index (χ2v) is 5.65. The lowest BCUT2D eigenvalue weighted by atomic mass is 10.2. The summed E-state index contributed by atoms with van der Waals surface area (Å²) in [6, 6.07) is 0. The predicted octanol–water partition coefficient (Wildman–Crippen LogP) is 2.18. The summed E-state index contributed by atoms with van der Waals surface area (Å²) < 4.78 is 0. The Kier molecular flexibility index (Phi) is 4.55. The molecule has 6 heteroatoms. The molecule has 0 aromatic carbocycles. The summed E-state index contributed by atoms with van der Waals surface area (Å²) >= 11 is 1.14. The Hall–Kier alpha value is -1.40. The number of aryl methyl sites for hydroxylation is 1. The monoisotopic (exact) mass is 282 g/mol. The van der Waals surface area contributed by atoms with E-state index in [1.54, 1.807) is 12.3 Å². The van der Waals surface area contributed by atoms with E-state index in [1.165, 1.54) is 12.8 Å². The van der Waals surface area contributed by atoms with Crippen LogP contribution >= 0.6 is 11.3 Å². The lowest BCUT2D eigenvalue weighted by molar-refractivity contribution is -0.116. The number of anilines is 1. The lowest BCUT2D eigenvalue weighted by Gasteiger charge is -2.14. The first kappa shape index (κ1) is 14.0. The highest BCUT2D eigenvalue weighted by molar-refractivity contribution is 7.12. The molecule has 1 aliphatic heterocycles. The number of carbonyl (C=O) groups is 2. The van der Waals surface area contributed by atoms with Gasteiger partial charge in [0.1, 0.15) is 4.88 Å². The largest absolute Gasteiger partial charge is 0.477 e. The summed E-state index contributed by atoms with van der Waals surface area (Å²) in [4.78, 5) is 25.4. The molecule has 0 radical (unpaired) electrons. The fraction of sp³-hybridized carbons (Fsp3) is 0.538. The van der Waals surface area contributed by atoms with E-state index in [2.05, 4.69) is 10.2 Å². The van der Waals surface area contributed by atoms with Crippen LogP contribution in [0.1, 0.15) is 34.5 Å². The van der Waals surface area contributed by atoms with Crippen LogP contribution in [0.2, 0.25) is 0 Å². The molecule has 2 heterocycles. The number of carboxylic acids is 1. The first-order valence-corrected chi connectivity index (χ1v) is 7.29. The molecule has 0 unspecified atom stereocenters. The molecule has 1 aromatic rings. The van der Waals surface area contributed by atoms with E-state index in [4.69, 9.17) is 5.11 Å². The number of likely N-dealkylation sites (tertiary alicyclic amines) is 1. The van der Waals surface area contributed by atoms with Gasteiger partial charge in [0.15, 0.2) is 0 Å². The molecule has 104 valence electrons. The number of rotatable bonds is 5. The van der Waals surface area contributed by atoms with Crippen LogP contribution in [0.4, 0.5) is 5.69 Å². The van der Waals surface area contributed by atoms with Crippen LogP contribution in [0.15, 0.2) is 5.38 Å². The summed E-state index contributed by atoms with van der Waals surface area (Å²) in [7, 11) is 0. The number of aromatic carboxylic acids is 1. The summed E-state index contributed by atoms with van der Waals surface area (Å²) in [6.07, 6.45) is 2.82. The van der Waals surface area contributed by atoms with Crippen LogP contribution in [-0.2, 0) is 4.79 Å². The molecule has 0 saturated carbocycles. The molecular weight excluding hydrogens is 264 g/mol. The van der Waals surface area contributed by atoms with Crippen molar-refractivity contribution in [3.8, 4) is 0 Å². The van der Waals surface area contributed by atoms with Gasteiger partial charge in [0.05, 0.1) is 5.69 Å². The van der Waals surface area contributed by atoms with E-state index >= 15 is 0 Å². The Balaban J connectivity index is 1.91. The number of hydrogen-bond acceptors (Lipinski definition) is 4. The molecule has 2 N–H and O–H groups in total. The zero-order valence-electron chi connectivity index (χ0n) is 10.9. The SMILES string of the molecule is Cc1csc(C(=O)O)c1NC(=O)CCN1CCCC1. The van der Waals surface area contributed by atoms with Crippen molar-refractivity contribution in [2.75, 3.05) is 25.0 Å². The first-order valence-electron chi connectivity index (χ1n) is 6.41. The van der Waals surface area contributed by atoms with Crippen molar-refractivity contribution in [1.29, 1.82) is 0 Å². The maximum absolute atomic E-state index is 11.9. The molecule has 2 rings (SSSR count). The van der Waals surface area contributed by atoms with Crippen molar-refractivity contribution >= 4 is 28.9 Å². The second kappa shape index (κ2) is 6.16. The molecule has 0 aliphatic carbocycles. The van der Waals surface area contributed by atoms with Crippen LogP contribution in [0.5, 0.6) is 0 Å². The molecule has 1 aliphatic rings. The Labute approximate surface area is 116 Å². The molecule has 1 aromatic heterocycles. The van der Waals surface area contributed by atoms with Crippen LogP contribution in [0.3, 0.4) is 0 Å². The van der Waals surface area contributed by atoms with Gasteiger partial charge in [0, 0.05) is 13.0 Å². The maximum atomic E-state index is 11.9. The van der Waals surface area contributed by atoms with Crippen molar-refractivity contribution in [3.63, 3.8) is 0 Å². The van der Waals surface area contributed by atoms with Crippen LogP contribution in [0, 0.1) is 6.92 Å². The van der Waals surface area contributed by atoms with Gasteiger partial charge in [-0.15, -0.1) is 11.3 Å². The number of carboxylic acid groups (broad SMARTS) is 1.